The van der Waals surface area contributed by atoms with Gasteiger partial charge in [-0.15, -0.1) is 0 Å². The zero-order chi connectivity index (χ0) is 16.5. The maximum atomic E-state index is 5.92. The van der Waals surface area contributed by atoms with E-state index in [1.807, 2.05) is 6.07 Å². The summed E-state index contributed by atoms with van der Waals surface area (Å²) in [5.74, 6) is 1.70. The molecule has 1 aromatic heterocycles. The summed E-state index contributed by atoms with van der Waals surface area (Å²) in [6.07, 6.45) is 5.52. The molecule has 0 bridgehead atoms. The standard InChI is InChI=1S/C18H23N3O2S/c19-18(24)21-5-6-22-11-14(21)7-13-9-20-17-4-3-15(8-16(13)17)23-10-12-1-2-12/h3-4,8-9,12,14,20H,1-2,5-7,10-11H2,(H2,19,24)/t14-/m0/s1. The molecule has 5 nitrogen and oxygen atoms in total. The molecule has 1 aliphatic carbocycles. The number of nitrogens with one attached hydrogen (secondary N) is 1. The Kier molecular flexibility index (Phi) is 4.33. The number of H-pyrrole nitrogens is 1. The van der Waals surface area contributed by atoms with Crippen molar-refractivity contribution in [3.63, 3.8) is 0 Å². The lowest BCUT2D eigenvalue weighted by Crippen LogP contribution is -2.51. The minimum absolute atomic E-state index is 0.186. The molecule has 2 aromatic rings. The highest BCUT2D eigenvalue weighted by molar-refractivity contribution is 7.80. The minimum atomic E-state index is 0.186. The van der Waals surface area contributed by atoms with Gasteiger partial charge in [0.15, 0.2) is 5.11 Å². The molecule has 0 amide bonds. The minimum Gasteiger partial charge on any atom is -0.493 e. The number of morpholine rings is 1. The van der Waals surface area contributed by atoms with Crippen molar-refractivity contribution in [3.05, 3.63) is 30.0 Å². The highest BCUT2D eigenvalue weighted by atomic mass is 32.1. The van der Waals surface area contributed by atoms with Crippen LogP contribution in [0.3, 0.4) is 0 Å². The lowest BCUT2D eigenvalue weighted by atomic mass is 10.0. The predicted octanol–water partition coefficient (Wildman–Crippen LogP) is 2.44. The molecule has 1 aliphatic heterocycles. The molecule has 1 saturated carbocycles. The number of ether oxygens (including phenoxy) is 2. The fraction of sp³-hybridized carbons (Fsp3) is 0.500. The van der Waals surface area contributed by atoms with Crippen LogP contribution in [0.25, 0.3) is 10.9 Å². The van der Waals surface area contributed by atoms with Gasteiger partial charge in [-0.25, -0.2) is 0 Å². The second kappa shape index (κ2) is 6.61. The molecule has 2 heterocycles. The monoisotopic (exact) mass is 345 g/mol. The second-order valence-electron chi connectivity index (χ2n) is 6.74. The van der Waals surface area contributed by atoms with Crippen molar-refractivity contribution in [3.8, 4) is 5.75 Å². The van der Waals surface area contributed by atoms with Crippen LogP contribution in [0.5, 0.6) is 5.75 Å². The Balaban J connectivity index is 1.53. The number of hydrogen-bond donors (Lipinski definition) is 2. The summed E-state index contributed by atoms with van der Waals surface area (Å²) in [7, 11) is 0. The Morgan fingerprint density at radius 2 is 2.29 bits per heavy atom. The fourth-order valence-electron chi connectivity index (χ4n) is 3.28. The van der Waals surface area contributed by atoms with Crippen LogP contribution in [-0.4, -0.2) is 47.4 Å². The largest absolute Gasteiger partial charge is 0.493 e. The number of fused-ring (bicyclic) bond motifs is 1. The van der Waals surface area contributed by atoms with Crippen LogP contribution in [0.15, 0.2) is 24.4 Å². The number of nitrogens with two attached hydrogens (primary N) is 1. The molecule has 24 heavy (non-hydrogen) atoms. The molecule has 0 radical (unpaired) electrons. The Hall–Kier alpha value is -1.79. The molecule has 0 unspecified atom stereocenters. The molecule has 1 atom stereocenters. The third kappa shape index (κ3) is 3.35. The molecule has 2 fully saturated rings. The summed E-state index contributed by atoms with van der Waals surface area (Å²) in [5.41, 5.74) is 8.25. The van der Waals surface area contributed by atoms with E-state index in [4.69, 9.17) is 27.4 Å². The third-order valence-electron chi connectivity index (χ3n) is 4.89. The molecular formula is C18H23N3O2S. The predicted molar refractivity (Wildman–Crippen MR) is 98.3 cm³/mol. The SMILES string of the molecule is NC(=S)N1CCOC[C@@H]1Cc1c[nH]c2ccc(OCC3CC3)cc12. The normalized spacial score (nSPS) is 21.2. The van der Waals surface area contributed by atoms with E-state index in [1.165, 1.54) is 23.8 Å². The van der Waals surface area contributed by atoms with E-state index in [9.17, 15) is 0 Å². The smallest absolute Gasteiger partial charge is 0.166 e. The van der Waals surface area contributed by atoms with Crippen LogP contribution < -0.4 is 10.5 Å². The summed E-state index contributed by atoms with van der Waals surface area (Å²) >= 11 is 5.19. The number of aromatic nitrogens is 1. The zero-order valence-corrected chi connectivity index (χ0v) is 14.5. The number of nitrogens with zero attached hydrogens (tertiary/aromatic N) is 1. The van der Waals surface area contributed by atoms with Crippen LogP contribution in [0.2, 0.25) is 0 Å². The summed E-state index contributed by atoms with van der Waals surface area (Å²) in [5, 5.41) is 1.66. The van der Waals surface area contributed by atoms with Crippen LogP contribution in [0.4, 0.5) is 0 Å². The van der Waals surface area contributed by atoms with E-state index in [0.717, 1.165) is 36.8 Å². The average Bonchev–Trinajstić information content (AvgIpc) is 3.34. The number of rotatable bonds is 5. The van der Waals surface area contributed by atoms with Crippen molar-refractivity contribution < 1.29 is 9.47 Å². The van der Waals surface area contributed by atoms with Crippen LogP contribution in [0.1, 0.15) is 18.4 Å². The molecule has 0 spiro atoms. The van der Waals surface area contributed by atoms with Crippen LogP contribution >= 0.6 is 12.2 Å². The van der Waals surface area contributed by atoms with Crippen molar-refractivity contribution >= 4 is 28.2 Å². The number of thiocarbonyl (C=S) groups is 1. The van der Waals surface area contributed by atoms with Gasteiger partial charge in [0.1, 0.15) is 5.75 Å². The highest BCUT2D eigenvalue weighted by Gasteiger charge is 2.25. The number of aromatic amines is 1. The van der Waals surface area contributed by atoms with Gasteiger partial charge in [0.05, 0.1) is 25.9 Å². The van der Waals surface area contributed by atoms with E-state index >= 15 is 0 Å². The Morgan fingerprint density at radius 3 is 3.08 bits per heavy atom. The number of benzene rings is 1. The molecule has 3 N–H and O–H groups in total. The van der Waals surface area contributed by atoms with Crippen molar-refractivity contribution in [2.45, 2.75) is 25.3 Å². The Labute approximate surface area is 147 Å². The van der Waals surface area contributed by atoms with Gasteiger partial charge in [0.2, 0.25) is 0 Å². The van der Waals surface area contributed by atoms with E-state index in [-0.39, 0.29) is 6.04 Å². The van der Waals surface area contributed by atoms with Crippen molar-refractivity contribution in [2.75, 3.05) is 26.4 Å². The maximum absolute atomic E-state index is 5.92. The van der Waals surface area contributed by atoms with Gasteiger partial charge in [-0.1, -0.05) is 0 Å². The molecular weight excluding hydrogens is 322 g/mol. The van der Waals surface area contributed by atoms with Crippen LogP contribution in [-0.2, 0) is 11.2 Å². The summed E-state index contributed by atoms with van der Waals surface area (Å²) in [4.78, 5) is 5.42. The first-order valence-electron chi connectivity index (χ1n) is 8.57. The van der Waals surface area contributed by atoms with Crippen LogP contribution in [0, 0.1) is 5.92 Å². The van der Waals surface area contributed by atoms with Crippen molar-refractivity contribution in [1.82, 2.24) is 9.88 Å². The van der Waals surface area contributed by atoms with Gasteiger partial charge in [0.25, 0.3) is 0 Å². The quantitative estimate of drug-likeness (QED) is 0.815. The zero-order valence-electron chi connectivity index (χ0n) is 13.7. The maximum Gasteiger partial charge on any atom is 0.166 e. The van der Waals surface area contributed by atoms with Gasteiger partial charge in [0, 0.05) is 23.6 Å². The Bertz CT molecular complexity index is 741. The summed E-state index contributed by atoms with van der Waals surface area (Å²) in [6, 6.07) is 6.45. The van der Waals surface area contributed by atoms with Gasteiger partial charge >= 0.3 is 0 Å². The van der Waals surface area contributed by atoms with Gasteiger partial charge in [-0.3, -0.25) is 0 Å². The molecule has 2 aliphatic rings. The van der Waals surface area contributed by atoms with E-state index < -0.39 is 0 Å². The molecule has 1 aromatic carbocycles. The van der Waals surface area contributed by atoms with E-state index in [2.05, 4.69) is 28.2 Å². The van der Waals surface area contributed by atoms with Crippen molar-refractivity contribution in [2.24, 2.45) is 11.7 Å². The summed E-state index contributed by atoms with van der Waals surface area (Å²) < 4.78 is 11.5. The topological polar surface area (TPSA) is 63.5 Å². The molecule has 128 valence electrons. The third-order valence-corrected chi connectivity index (χ3v) is 5.12. The van der Waals surface area contributed by atoms with Gasteiger partial charge in [-0.2, -0.15) is 0 Å². The lowest BCUT2D eigenvalue weighted by Gasteiger charge is -2.36. The first-order valence-corrected chi connectivity index (χ1v) is 8.98. The first kappa shape index (κ1) is 15.7. The average molecular weight is 345 g/mol. The van der Waals surface area contributed by atoms with Gasteiger partial charge in [-0.05, 0) is 61.2 Å². The van der Waals surface area contributed by atoms with E-state index in [1.54, 1.807) is 0 Å². The highest BCUT2D eigenvalue weighted by Crippen LogP contribution is 2.31. The Morgan fingerprint density at radius 1 is 1.42 bits per heavy atom. The lowest BCUT2D eigenvalue weighted by molar-refractivity contribution is 0.0274. The van der Waals surface area contributed by atoms with Gasteiger partial charge < -0.3 is 25.1 Å². The molecule has 4 rings (SSSR count). The van der Waals surface area contributed by atoms with Crippen molar-refractivity contribution in [1.29, 1.82) is 0 Å². The number of hydrogen-bond acceptors (Lipinski definition) is 3. The summed E-state index contributed by atoms with van der Waals surface area (Å²) in [6.45, 7) is 2.93. The molecule has 1 saturated heterocycles. The molecule has 6 heteroatoms. The fourth-order valence-corrected chi connectivity index (χ4v) is 3.52. The first-order chi connectivity index (χ1) is 11.7. The second-order valence-corrected chi connectivity index (χ2v) is 7.16. The van der Waals surface area contributed by atoms with E-state index in [0.29, 0.717) is 18.3 Å².